The average Bonchev–Trinajstić information content (AvgIpc) is 2.40. The molecule has 1 aliphatic rings. The Balaban J connectivity index is 2.39. The van der Waals surface area contributed by atoms with Crippen LogP contribution in [0.4, 0.5) is 5.69 Å². The maximum atomic E-state index is 12.5. The monoisotopic (exact) mass is 271 g/mol. The van der Waals surface area contributed by atoms with Gasteiger partial charge in [-0.1, -0.05) is 0 Å². The second-order valence-corrected chi connectivity index (χ2v) is 6.48. The van der Waals surface area contributed by atoms with E-state index in [1.54, 1.807) is 12.1 Å². The summed E-state index contributed by atoms with van der Waals surface area (Å²) in [4.78, 5) is 0.136. The predicted octanol–water partition coefficient (Wildman–Crippen LogP) is 1.23. The molecule has 1 aromatic carbocycles. The van der Waals surface area contributed by atoms with Crippen LogP contribution in [0.5, 0.6) is 5.75 Å². The summed E-state index contributed by atoms with van der Waals surface area (Å²) >= 11 is 0. The number of ether oxygens (including phenoxy) is 2. The molecule has 0 amide bonds. The lowest BCUT2D eigenvalue weighted by molar-refractivity contribution is 0.0991. The zero-order chi connectivity index (χ0) is 13.2. The minimum Gasteiger partial charge on any atom is -0.497 e. The highest BCUT2D eigenvalue weighted by molar-refractivity contribution is 7.92. The van der Waals surface area contributed by atoms with Crippen molar-refractivity contribution in [2.24, 2.45) is 0 Å². The molecule has 1 aromatic rings. The first-order chi connectivity index (χ1) is 8.55. The molecule has 2 N–H and O–H groups in total. The van der Waals surface area contributed by atoms with Gasteiger partial charge in [-0.2, -0.15) is 0 Å². The summed E-state index contributed by atoms with van der Waals surface area (Å²) in [6.07, 6.45) is 1.37. The van der Waals surface area contributed by atoms with Crippen molar-refractivity contribution in [1.29, 1.82) is 0 Å². The normalized spacial score (nSPS) is 20.6. The van der Waals surface area contributed by atoms with E-state index in [1.165, 1.54) is 13.2 Å². The second-order valence-electron chi connectivity index (χ2n) is 4.29. The lowest BCUT2D eigenvalue weighted by Gasteiger charge is -2.23. The van der Waals surface area contributed by atoms with Gasteiger partial charge in [0.25, 0.3) is 0 Å². The molecule has 0 saturated carbocycles. The molecule has 1 fully saturated rings. The van der Waals surface area contributed by atoms with Crippen molar-refractivity contribution in [3.05, 3.63) is 18.2 Å². The van der Waals surface area contributed by atoms with Crippen LogP contribution in [0.1, 0.15) is 12.8 Å². The van der Waals surface area contributed by atoms with Crippen LogP contribution in [-0.4, -0.2) is 34.0 Å². The van der Waals surface area contributed by atoms with Crippen LogP contribution in [0.15, 0.2) is 23.1 Å². The number of nitrogen functional groups attached to an aromatic ring is 1. The van der Waals surface area contributed by atoms with Gasteiger partial charge in [0.2, 0.25) is 0 Å². The lowest BCUT2D eigenvalue weighted by atomic mass is 10.2. The Labute approximate surface area is 107 Å². The summed E-state index contributed by atoms with van der Waals surface area (Å²) in [5.74, 6) is 0.486. The number of hydrogen-bond acceptors (Lipinski definition) is 5. The van der Waals surface area contributed by atoms with Crippen molar-refractivity contribution in [2.75, 3.05) is 26.1 Å². The van der Waals surface area contributed by atoms with E-state index < -0.39 is 15.1 Å². The number of nitrogens with two attached hydrogens (primary N) is 1. The number of rotatable bonds is 3. The van der Waals surface area contributed by atoms with E-state index in [4.69, 9.17) is 15.2 Å². The minimum atomic E-state index is -3.46. The van der Waals surface area contributed by atoms with Crippen molar-refractivity contribution in [3.63, 3.8) is 0 Å². The fraction of sp³-hybridized carbons (Fsp3) is 0.500. The largest absolute Gasteiger partial charge is 0.497 e. The first-order valence-corrected chi connectivity index (χ1v) is 7.35. The molecule has 0 radical (unpaired) electrons. The summed E-state index contributed by atoms with van der Waals surface area (Å²) in [5.41, 5.74) is 6.01. The van der Waals surface area contributed by atoms with E-state index in [-0.39, 0.29) is 17.2 Å². The molecule has 18 heavy (non-hydrogen) atoms. The molecule has 1 heterocycles. The fourth-order valence-corrected chi connectivity index (χ4v) is 3.81. The molecule has 0 aliphatic carbocycles. The Morgan fingerprint density at radius 2 is 2.22 bits per heavy atom. The van der Waals surface area contributed by atoms with E-state index >= 15 is 0 Å². The third-order valence-corrected chi connectivity index (χ3v) is 5.30. The quantitative estimate of drug-likeness (QED) is 0.836. The summed E-state index contributed by atoms with van der Waals surface area (Å²) in [5, 5.41) is -0.513. The maximum Gasteiger partial charge on any atom is 0.185 e. The van der Waals surface area contributed by atoms with Crippen LogP contribution in [0.2, 0.25) is 0 Å². The van der Waals surface area contributed by atoms with Crippen LogP contribution < -0.4 is 10.5 Å². The van der Waals surface area contributed by atoms with Crippen LogP contribution >= 0.6 is 0 Å². The van der Waals surface area contributed by atoms with Crippen molar-refractivity contribution >= 4 is 15.5 Å². The highest BCUT2D eigenvalue weighted by Gasteiger charge is 2.31. The molecule has 1 aliphatic heterocycles. The fourth-order valence-electron chi connectivity index (χ4n) is 2.02. The summed E-state index contributed by atoms with van der Waals surface area (Å²) in [6.45, 7) is 0.860. The van der Waals surface area contributed by atoms with E-state index in [1.807, 2.05) is 0 Å². The smallest absolute Gasteiger partial charge is 0.185 e. The van der Waals surface area contributed by atoms with Gasteiger partial charge in [-0.3, -0.25) is 0 Å². The maximum absolute atomic E-state index is 12.5. The highest BCUT2D eigenvalue weighted by Crippen LogP contribution is 2.29. The molecule has 0 spiro atoms. The Kier molecular flexibility index (Phi) is 3.77. The van der Waals surface area contributed by atoms with Gasteiger partial charge >= 0.3 is 0 Å². The third-order valence-electron chi connectivity index (χ3n) is 3.08. The highest BCUT2D eigenvalue weighted by atomic mass is 32.2. The Morgan fingerprint density at radius 3 is 2.83 bits per heavy atom. The number of sulfone groups is 1. The van der Waals surface area contributed by atoms with Crippen LogP contribution in [0.3, 0.4) is 0 Å². The van der Waals surface area contributed by atoms with Gasteiger partial charge in [0, 0.05) is 12.7 Å². The average molecular weight is 271 g/mol. The molecule has 1 unspecified atom stereocenters. The van der Waals surface area contributed by atoms with E-state index in [0.29, 0.717) is 18.8 Å². The Bertz CT molecular complexity index is 521. The van der Waals surface area contributed by atoms with E-state index in [2.05, 4.69) is 0 Å². The van der Waals surface area contributed by atoms with Crippen LogP contribution in [0.25, 0.3) is 0 Å². The molecule has 0 bridgehead atoms. The number of anilines is 1. The van der Waals surface area contributed by atoms with Crippen LogP contribution in [-0.2, 0) is 14.6 Å². The third kappa shape index (κ3) is 2.44. The molecule has 2 rings (SSSR count). The SMILES string of the molecule is COc1ccc(N)c(S(=O)(=O)C2CCCOC2)c1. The van der Waals surface area contributed by atoms with Gasteiger partial charge in [-0.25, -0.2) is 8.42 Å². The molecular weight excluding hydrogens is 254 g/mol. The number of methoxy groups -OCH3 is 1. The lowest BCUT2D eigenvalue weighted by Crippen LogP contribution is -2.31. The van der Waals surface area contributed by atoms with Crippen LogP contribution in [0, 0.1) is 0 Å². The summed E-state index contributed by atoms with van der Waals surface area (Å²) in [6, 6.07) is 4.67. The zero-order valence-electron chi connectivity index (χ0n) is 10.3. The van der Waals surface area contributed by atoms with Gasteiger partial charge < -0.3 is 15.2 Å². The van der Waals surface area contributed by atoms with Crippen molar-refractivity contribution in [1.82, 2.24) is 0 Å². The molecule has 100 valence electrons. The van der Waals surface area contributed by atoms with Crippen molar-refractivity contribution < 1.29 is 17.9 Å². The second kappa shape index (κ2) is 5.16. The van der Waals surface area contributed by atoms with Gasteiger partial charge in [0.15, 0.2) is 9.84 Å². The van der Waals surface area contributed by atoms with Gasteiger partial charge in [-0.05, 0) is 25.0 Å². The van der Waals surface area contributed by atoms with E-state index in [9.17, 15) is 8.42 Å². The first kappa shape index (κ1) is 13.2. The molecule has 1 saturated heterocycles. The Morgan fingerprint density at radius 1 is 1.44 bits per heavy atom. The summed E-state index contributed by atoms with van der Waals surface area (Å²) < 4.78 is 35.2. The van der Waals surface area contributed by atoms with Gasteiger partial charge in [0.05, 0.1) is 29.5 Å². The number of benzene rings is 1. The van der Waals surface area contributed by atoms with Gasteiger partial charge in [-0.15, -0.1) is 0 Å². The minimum absolute atomic E-state index is 0.136. The van der Waals surface area contributed by atoms with E-state index in [0.717, 1.165) is 6.42 Å². The molecule has 5 nitrogen and oxygen atoms in total. The Hall–Kier alpha value is -1.27. The predicted molar refractivity (Wildman–Crippen MR) is 68.4 cm³/mol. The summed E-state index contributed by atoms with van der Waals surface area (Å²) in [7, 11) is -1.96. The first-order valence-electron chi connectivity index (χ1n) is 5.81. The molecular formula is C12H17NO4S. The van der Waals surface area contributed by atoms with Gasteiger partial charge in [0.1, 0.15) is 5.75 Å². The topological polar surface area (TPSA) is 78.6 Å². The molecule has 6 heteroatoms. The molecule has 1 atom stereocenters. The molecule has 0 aromatic heterocycles. The van der Waals surface area contributed by atoms with Crippen molar-refractivity contribution in [2.45, 2.75) is 23.0 Å². The van der Waals surface area contributed by atoms with Crippen molar-refractivity contribution in [3.8, 4) is 5.75 Å². The zero-order valence-corrected chi connectivity index (χ0v) is 11.1. The number of hydrogen-bond donors (Lipinski definition) is 1. The standard InChI is InChI=1S/C12H17NO4S/c1-16-9-4-5-11(13)12(7-9)18(14,15)10-3-2-6-17-8-10/h4-5,7,10H,2-3,6,8,13H2,1H3.